The highest BCUT2D eigenvalue weighted by molar-refractivity contribution is 5.03. The van der Waals surface area contributed by atoms with Gasteiger partial charge < -0.3 is 10.8 Å². The Bertz CT molecular complexity index is 167. The van der Waals surface area contributed by atoms with Crippen LogP contribution in [0.5, 0.6) is 0 Å². The van der Waals surface area contributed by atoms with Crippen molar-refractivity contribution in [3.63, 3.8) is 0 Å². The molecule has 2 heteroatoms. The van der Waals surface area contributed by atoms with E-state index in [-0.39, 0.29) is 0 Å². The lowest BCUT2D eigenvalue weighted by atomic mass is 9.71. The molecule has 0 aromatic rings. The van der Waals surface area contributed by atoms with Crippen LogP contribution in [0, 0.1) is 17.3 Å². The van der Waals surface area contributed by atoms with Crippen LogP contribution in [0.2, 0.25) is 0 Å². The van der Waals surface area contributed by atoms with Gasteiger partial charge in [0.05, 0.1) is 0 Å². The molecule has 3 atom stereocenters. The van der Waals surface area contributed by atoms with Crippen molar-refractivity contribution in [3.8, 4) is 0 Å². The minimum Gasteiger partial charge on any atom is -0.396 e. The zero-order valence-corrected chi connectivity index (χ0v) is 7.63. The summed E-state index contributed by atoms with van der Waals surface area (Å²) < 4.78 is 0. The highest BCUT2D eigenvalue weighted by atomic mass is 16.3. The second-order valence-electron chi connectivity index (χ2n) is 4.53. The summed E-state index contributed by atoms with van der Waals surface area (Å²) in [6.45, 7) is 1.11. The standard InChI is InChI=1S/C10H19NO/c11-7-10(4-5-12)3-1-2-8-6-9(8)10/h8-9,12H,1-7,11H2. The normalized spacial score (nSPS) is 45.5. The van der Waals surface area contributed by atoms with Crippen LogP contribution >= 0.6 is 0 Å². The molecule has 2 saturated carbocycles. The van der Waals surface area contributed by atoms with E-state index in [1.165, 1.54) is 25.7 Å². The van der Waals surface area contributed by atoms with Crippen molar-refractivity contribution in [2.45, 2.75) is 32.1 Å². The summed E-state index contributed by atoms with van der Waals surface area (Å²) in [5.41, 5.74) is 6.16. The molecule has 2 nitrogen and oxygen atoms in total. The van der Waals surface area contributed by atoms with E-state index >= 15 is 0 Å². The molecule has 3 N–H and O–H groups in total. The molecule has 0 spiro atoms. The molecule has 0 bridgehead atoms. The van der Waals surface area contributed by atoms with Gasteiger partial charge in [-0.2, -0.15) is 0 Å². The van der Waals surface area contributed by atoms with E-state index < -0.39 is 0 Å². The van der Waals surface area contributed by atoms with E-state index in [1.807, 2.05) is 0 Å². The lowest BCUT2D eigenvalue weighted by molar-refractivity contribution is 0.121. The van der Waals surface area contributed by atoms with Crippen molar-refractivity contribution in [1.29, 1.82) is 0 Å². The Morgan fingerprint density at radius 2 is 2.33 bits per heavy atom. The minimum absolute atomic E-state index is 0.320. The van der Waals surface area contributed by atoms with Crippen LogP contribution in [0.15, 0.2) is 0 Å². The molecular weight excluding hydrogens is 150 g/mol. The maximum absolute atomic E-state index is 9.00. The fraction of sp³-hybridized carbons (Fsp3) is 1.00. The predicted molar refractivity (Wildman–Crippen MR) is 48.6 cm³/mol. The summed E-state index contributed by atoms with van der Waals surface area (Å²) in [5.74, 6) is 1.83. The van der Waals surface area contributed by atoms with Crippen LogP contribution in [0.1, 0.15) is 32.1 Å². The molecule has 0 aliphatic heterocycles. The average molecular weight is 169 g/mol. The number of rotatable bonds is 3. The van der Waals surface area contributed by atoms with Gasteiger partial charge in [0.1, 0.15) is 0 Å². The molecule has 0 aromatic heterocycles. The van der Waals surface area contributed by atoms with Gasteiger partial charge in [-0.3, -0.25) is 0 Å². The van der Waals surface area contributed by atoms with Gasteiger partial charge in [-0.05, 0) is 43.1 Å². The number of hydrogen-bond donors (Lipinski definition) is 2. The van der Waals surface area contributed by atoms with E-state index in [0.717, 1.165) is 24.8 Å². The average Bonchev–Trinajstić information content (AvgIpc) is 2.85. The van der Waals surface area contributed by atoms with Crippen molar-refractivity contribution in [2.75, 3.05) is 13.2 Å². The van der Waals surface area contributed by atoms with E-state index in [2.05, 4.69) is 0 Å². The largest absolute Gasteiger partial charge is 0.396 e. The molecule has 2 aliphatic rings. The molecule has 2 rings (SSSR count). The molecule has 2 aliphatic carbocycles. The molecule has 0 aromatic carbocycles. The fourth-order valence-corrected chi connectivity index (χ4v) is 3.11. The van der Waals surface area contributed by atoms with Crippen LogP contribution in [-0.2, 0) is 0 Å². The topological polar surface area (TPSA) is 46.2 Å². The first-order valence-electron chi connectivity index (χ1n) is 5.13. The van der Waals surface area contributed by atoms with Crippen LogP contribution in [0.25, 0.3) is 0 Å². The first kappa shape index (κ1) is 8.52. The maximum atomic E-state index is 9.00. The highest BCUT2D eigenvalue weighted by Crippen LogP contribution is 2.60. The summed E-state index contributed by atoms with van der Waals surface area (Å²) in [5, 5.41) is 9.00. The zero-order valence-electron chi connectivity index (χ0n) is 7.63. The molecule has 3 unspecified atom stereocenters. The first-order chi connectivity index (χ1) is 5.82. The summed E-state index contributed by atoms with van der Waals surface area (Å²) in [6, 6.07) is 0. The number of hydrogen-bond acceptors (Lipinski definition) is 2. The van der Waals surface area contributed by atoms with Gasteiger partial charge in [-0.15, -0.1) is 0 Å². The third-order valence-electron chi connectivity index (χ3n) is 3.97. The Morgan fingerprint density at radius 1 is 1.50 bits per heavy atom. The smallest absolute Gasteiger partial charge is 0.0436 e. The monoisotopic (exact) mass is 169 g/mol. The number of aliphatic hydroxyl groups is 1. The van der Waals surface area contributed by atoms with Crippen LogP contribution in [0.4, 0.5) is 0 Å². The second kappa shape index (κ2) is 3.00. The molecule has 0 amide bonds. The summed E-state index contributed by atoms with van der Waals surface area (Å²) in [4.78, 5) is 0. The lowest BCUT2D eigenvalue weighted by Gasteiger charge is -2.35. The third-order valence-corrected chi connectivity index (χ3v) is 3.97. The molecule has 0 saturated heterocycles. The molecule has 70 valence electrons. The minimum atomic E-state index is 0.320. The summed E-state index contributed by atoms with van der Waals surface area (Å²) in [7, 11) is 0. The van der Waals surface area contributed by atoms with Gasteiger partial charge in [0, 0.05) is 6.61 Å². The molecule has 0 radical (unpaired) electrons. The van der Waals surface area contributed by atoms with Gasteiger partial charge in [0.25, 0.3) is 0 Å². The van der Waals surface area contributed by atoms with Crippen LogP contribution < -0.4 is 5.73 Å². The van der Waals surface area contributed by atoms with Gasteiger partial charge in [0.2, 0.25) is 0 Å². The van der Waals surface area contributed by atoms with Crippen molar-refractivity contribution >= 4 is 0 Å². The van der Waals surface area contributed by atoms with Gasteiger partial charge in [0.15, 0.2) is 0 Å². The first-order valence-corrected chi connectivity index (χ1v) is 5.13. The van der Waals surface area contributed by atoms with Gasteiger partial charge in [-0.1, -0.05) is 12.8 Å². The third kappa shape index (κ3) is 1.17. The second-order valence-corrected chi connectivity index (χ2v) is 4.53. The van der Waals surface area contributed by atoms with Crippen LogP contribution in [-0.4, -0.2) is 18.3 Å². The fourth-order valence-electron chi connectivity index (χ4n) is 3.11. The van der Waals surface area contributed by atoms with Gasteiger partial charge in [-0.25, -0.2) is 0 Å². The van der Waals surface area contributed by atoms with Crippen molar-refractivity contribution in [2.24, 2.45) is 23.0 Å². The Balaban J connectivity index is 2.04. The van der Waals surface area contributed by atoms with Crippen molar-refractivity contribution in [3.05, 3.63) is 0 Å². The van der Waals surface area contributed by atoms with E-state index in [4.69, 9.17) is 10.8 Å². The maximum Gasteiger partial charge on any atom is 0.0436 e. The zero-order chi connectivity index (χ0) is 8.60. The number of fused-ring (bicyclic) bond motifs is 1. The molecule has 12 heavy (non-hydrogen) atoms. The van der Waals surface area contributed by atoms with E-state index in [1.54, 1.807) is 0 Å². The van der Waals surface area contributed by atoms with Gasteiger partial charge >= 0.3 is 0 Å². The van der Waals surface area contributed by atoms with E-state index in [9.17, 15) is 0 Å². The lowest BCUT2D eigenvalue weighted by Crippen LogP contribution is -2.36. The highest BCUT2D eigenvalue weighted by Gasteiger charge is 2.53. The Morgan fingerprint density at radius 3 is 3.00 bits per heavy atom. The SMILES string of the molecule is NCC1(CCO)CCCC2CC21. The molecule has 0 heterocycles. The van der Waals surface area contributed by atoms with Crippen molar-refractivity contribution < 1.29 is 5.11 Å². The molecular formula is C10H19NO. The predicted octanol–water partition coefficient (Wildman–Crippen LogP) is 1.13. The quantitative estimate of drug-likeness (QED) is 0.665. The van der Waals surface area contributed by atoms with Crippen LogP contribution in [0.3, 0.4) is 0 Å². The summed E-state index contributed by atoms with van der Waals surface area (Å²) in [6.07, 6.45) is 6.32. The molecule has 2 fully saturated rings. The number of aliphatic hydroxyl groups excluding tert-OH is 1. The summed E-state index contributed by atoms with van der Waals surface area (Å²) >= 11 is 0. The Kier molecular flexibility index (Phi) is 2.13. The Labute approximate surface area is 74.1 Å². The van der Waals surface area contributed by atoms with E-state index in [0.29, 0.717) is 12.0 Å². The number of nitrogens with two attached hydrogens (primary N) is 1. The Hall–Kier alpha value is -0.0800. The van der Waals surface area contributed by atoms with Crippen molar-refractivity contribution in [1.82, 2.24) is 0 Å².